The van der Waals surface area contributed by atoms with E-state index in [2.05, 4.69) is 15.2 Å². The van der Waals surface area contributed by atoms with E-state index in [4.69, 9.17) is 9.15 Å². The molecule has 0 saturated heterocycles. The molecule has 0 radical (unpaired) electrons. The highest BCUT2D eigenvalue weighted by atomic mass is 16.5. The van der Waals surface area contributed by atoms with Crippen LogP contribution in [0.5, 0.6) is 5.75 Å². The van der Waals surface area contributed by atoms with Crippen molar-refractivity contribution in [1.82, 2.24) is 33.5 Å². The Kier molecular flexibility index (Phi) is 3.82. The second kappa shape index (κ2) is 6.83. The summed E-state index contributed by atoms with van der Waals surface area (Å²) in [5.74, 6) is 0.605. The molecule has 0 bridgehead atoms. The lowest BCUT2D eigenvalue weighted by Gasteiger charge is -2.11. The van der Waals surface area contributed by atoms with E-state index in [0.29, 0.717) is 33.5 Å². The number of imidazole rings is 1. The van der Waals surface area contributed by atoms with Gasteiger partial charge in [-0.05, 0) is 24.3 Å². The van der Waals surface area contributed by atoms with Gasteiger partial charge < -0.3 is 9.15 Å². The number of hydrogen-bond acceptors (Lipinski definition) is 6. The van der Waals surface area contributed by atoms with Gasteiger partial charge in [0.05, 0.1) is 58.2 Å². The number of nitrogens with zero attached hydrogens (tertiary/aromatic N) is 7. The minimum Gasteiger partial charge on any atom is -0.496 e. The van der Waals surface area contributed by atoms with E-state index in [0.717, 1.165) is 27.7 Å². The van der Waals surface area contributed by atoms with Gasteiger partial charge in [-0.15, -0.1) is 0 Å². The van der Waals surface area contributed by atoms with E-state index in [1.54, 1.807) is 51.1 Å². The van der Waals surface area contributed by atoms with Gasteiger partial charge in [0.2, 0.25) is 0 Å². The number of ether oxygens (including phenoxy) is 1. The van der Waals surface area contributed by atoms with Crippen molar-refractivity contribution in [1.29, 1.82) is 0 Å². The largest absolute Gasteiger partial charge is 0.496 e. The summed E-state index contributed by atoms with van der Waals surface area (Å²) < 4.78 is 19.2. The molecule has 10 heteroatoms. The van der Waals surface area contributed by atoms with E-state index < -0.39 is 0 Å². The highest BCUT2D eigenvalue weighted by molar-refractivity contribution is 6.16. The lowest BCUT2D eigenvalue weighted by atomic mass is 10.0. The number of methoxy groups -OCH3 is 1. The summed E-state index contributed by atoms with van der Waals surface area (Å²) in [5.41, 5.74) is 6.00. The van der Waals surface area contributed by atoms with Crippen LogP contribution in [0.4, 0.5) is 0 Å². The molecule has 7 rings (SSSR count). The van der Waals surface area contributed by atoms with Gasteiger partial charge in [-0.3, -0.25) is 18.6 Å². The van der Waals surface area contributed by atoms with Gasteiger partial charge in [-0.25, -0.2) is 9.48 Å². The summed E-state index contributed by atoms with van der Waals surface area (Å²) in [6, 6.07) is 9.39. The standard InChI is InChI=1S/C25H19N7O3/c1-29-13-14(11-28-29)21-20(34-3)10-16-22-23-18(12-26-16)30(2)25(33)32(23)17-9-15(31-8-4-7-27-31)5-6-19(17)35-24(21)22/h4-13H,1-3H3. The maximum absolute atomic E-state index is 13.6. The molecule has 7 aromatic rings. The maximum atomic E-state index is 13.6. The molecule has 0 unspecified atom stereocenters. The van der Waals surface area contributed by atoms with Crippen molar-refractivity contribution in [3.63, 3.8) is 0 Å². The van der Waals surface area contributed by atoms with Gasteiger partial charge in [0.25, 0.3) is 0 Å². The van der Waals surface area contributed by atoms with Crippen LogP contribution in [0.25, 0.3) is 55.4 Å². The molecule has 0 spiro atoms. The average Bonchev–Trinajstić information content (AvgIpc) is 3.58. The topological polar surface area (TPSA) is 97.3 Å². The van der Waals surface area contributed by atoms with E-state index in [1.165, 1.54) is 0 Å². The molecule has 0 atom stereocenters. The van der Waals surface area contributed by atoms with Gasteiger partial charge >= 0.3 is 5.69 Å². The van der Waals surface area contributed by atoms with E-state index in [1.807, 2.05) is 49.8 Å². The molecule has 0 aliphatic rings. The Balaban J connectivity index is 1.78. The lowest BCUT2D eigenvalue weighted by molar-refractivity contribution is 0.416. The van der Waals surface area contributed by atoms with Crippen LogP contribution in [0.2, 0.25) is 0 Å². The van der Waals surface area contributed by atoms with Crippen molar-refractivity contribution < 1.29 is 9.15 Å². The molecule has 10 nitrogen and oxygen atoms in total. The Bertz CT molecular complexity index is 1990. The monoisotopic (exact) mass is 465 g/mol. The van der Waals surface area contributed by atoms with Crippen molar-refractivity contribution in [2.75, 3.05) is 7.11 Å². The Labute approximate surface area is 197 Å². The van der Waals surface area contributed by atoms with E-state index in [9.17, 15) is 4.79 Å². The third kappa shape index (κ3) is 2.58. The number of aryl methyl sites for hydroxylation is 2. The smallest absolute Gasteiger partial charge is 0.333 e. The number of aromatic nitrogens is 7. The Hall–Kier alpha value is -4.86. The summed E-state index contributed by atoms with van der Waals surface area (Å²) in [4.78, 5) is 18.2. The van der Waals surface area contributed by atoms with Gasteiger partial charge in [0.1, 0.15) is 5.75 Å². The predicted molar refractivity (Wildman–Crippen MR) is 131 cm³/mol. The Morgan fingerprint density at radius 3 is 2.69 bits per heavy atom. The summed E-state index contributed by atoms with van der Waals surface area (Å²) in [6.45, 7) is 0. The molecule has 0 amide bonds. The summed E-state index contributed by atoms with van der Waals surface area (Å²) in [7, 11) is 5.22. The first-order valence-electron chi connectivity index (χ1n) is 11.0. The van der Waals surface area contributed by atoms with Crippen LogP contribution in [0.3, 0.4) is 0 Å². The van der Waals surface area contributed by atoms with Crippen LogP contribution in [0.1, 0.15) is 0 Å². The summed E-state index contributed by atoms with van der Waals surface area (Å²) in [6.07, 6.45) is 8.95. The first-order chi connectivity index (χ1) is 17.0. The third-order valence-electron chi connectivity index (χ3n) is 6.47. The van der Waals surface area contributed by atoms with Crippen molar-refractivity contribution in [2.24, 2.45) is 14.1 Å². The van der Waals surface area contributed by atoms with Crippen LogP contribution in [0, 0.1) is 0 Å². The van der Waals surface area contributed by atoms with Gasteiger partial charge in [-0.2, -0.15) is 10.2 Å². The SMILES string of the molecule is COc1cc2ncc3c4c2c(oc2ccc(-n5cccn5)cc2n4c(=O)n3C)c1-c1cnn(C)c1. The molecule has 5 heterocycles. The number of benzene rings is 2. The van der Waals surface area contributed by atoms with Crippen molar-refractivity contribution in [3.05, 3.63) is 71.8 Å². The van der Waals surface area contributed by atoms with Crippen LogP contribution in [0.15, 0.2) is 70.5 Å². The highest BCUT2D eigenvalue weighted by Gasteiger charge is 2.24. The van der Waals surface area contributed by atoms with E-state index >= 15 is 0 Å². The first kappa shape index (κ1) is 19.6. The minimum absolute atomic E-state index is 0.191. The molecule has 2 aromatic carbocycles. The quantitative estimate of drug-likeness (QED) is 0.395. The van der Waals surface area contributed by atoms with Crippen molar-refractivity contribution in [2.45, 2.75) is 0 Å². The molecule has 0 aliphatic heterocycles. The van der Waals surface area contributed by atoms with Crippen LogP contribution in [-0.2, 0) is 14.1 Å². The highest BCUT2D eigenvalue weighted by Crippen LogP contribution is 2.42. The molecule has 172 valence electrons. The van der Waals surface area contributed by atoms with Crippen molar-refractivity contribution in [3.8, 4) is 22.6 Å². The molecule has 5 aromatic heterocycles. The number of pyridine rings is 1. The van der Waals surface area contributed by atoms with Crippen LogP contribution in [-0.4, -0.2) is 40.6 Å². The zero-order chi connectivity index (χ0) is 23.8. The molecular formula is C25H19N7O3. The first-order valence-corrected chi connectivity index (χ1v) is 11.0. The number of rotatable bonds is 3. The maximum Gasteiger partial charge on any atom is 0.333 e. The Morgan fingerprint density at radius 1 is 1.06 bits per heavy atom. The second-order valence-electron chi connectivity index (χ2n) is 8.45. The summed E-state index contributed by atoms with van der Waals surface area (Å²) >= 11 is 0. The molecule has 0 fully saturated rings. The number of hydrogen-bond donors (Lipinski definition) is 0. The molecule has 0 saturated carbocycles. The molecule has 0 N–H and O–H groups in total. The average molecular weight is 465 g/mol. The third-order valence-corrected chi connectivity index (χ3v) is 6.47. The summed E-state index contributed by atoms with van der Waals surface area (Å²) in [5, 5.41) is 9.42. The van der Waals surface area contributed by atoms with Crippen LogP contribution >= 0.6 is 0 Å². The van der Waals surface area contributed by atoms with Crippen LogP contribution < -0.4 is 10.4 Å². The zero-order valence-corrected chi connectivity index (χ0v) is 19.1. The molecular weight excluding hydrogens is 446 g/mol. The Morgan fingerprint density at radius 2 is 1.94 bits per heavy atom. The fourth-order valence-electron chi connectivity index (χ4n) is 4.84. The fourth-order valence-corrected chi connectivity index (χ4v) is 4.84. The van der Waals surface area contributed by atoms with Gasteiger partial charge in [0, 0.05) is 44.3 Å². The fraction of sp³-hybridized carbons (Fsp3) is 0.120. The zero-order valence-electron chi connectivity index (χ0n) is 19.1. The second-order valence-corrected chi connectivity index (χ2v) is 8.45. The normalized spacial score (nSPS) is 12.0. The van der Waals surface area contributed by atoms with Gasteiger partial charge in [0.15, 0.2) is 11.2 Å². The van der Waals surface area contributed by atoms with Crippen molar-refractivity contribution >= 4 is 38.6 Å². The minimum atomic E-state index is -0.191. The predicted octanol–water partition coefficient (Wildman–Crippen LogP) is 3.68. The van der Waals surface area contributed by atoms with E-state index in [-0.39, 0.29) is 5.69 Å². The molecule has 35 heavy (non-hydrogen) atoms. The van der Waals surface area contributed by atoms with Gasteiger partial charge in [-0.1, -0.05) is 0 Å². The number of fused-ring (bicyclic) bond motifs is 2. The lowest BCUT2D eigenvalue weighted by Crippen LogP contribution is -2.17. The molecule has 0 aliphatic carbocycles.